The molecule has 0 aromatic carbocycles. The molecule has 0 radical (unpaired) electrons. The fourth-order valence-corrected chi connectivity index (χ4v) is 10.4. The van der Waals surface area contributed by atoms with Gasteiger partial charge >= 0.3 is 5.97 Å². The van der Waals surface area contributed by atoms with Gasteiger partial charge in [0.05, 0.1) is 24.4 Å². The van der Waals surface area contributed by atoms with Gasteiger partial charge in [0.1, 0.15) is 42.3 Å². The molecule has 3 fully saturated rings. The number of carbonyl (C=O) groups excluding carboxylic acids is 5. The Morgan fingerprint density at radius 1 is 0.806 bits per heavy atom. The molecule has 16 nitrogen and oxygen atoms in total. The molecule has 3 aliphatic heterocycles. The van der Waals surface area contributed by atoms with Crippen LogP contribution in [0.3, 0.4) is 0 Å². The highest BCUT2D eigenvalue weighted by Crippen LogP contribution is 2.38. The summed E-state index contributed by atoms with van der Waals surface area (Å²) in [7, 11) is 4.35. The molecule has 4 aliphatic rings. The summed E-state index contributed by atoms with van der Waals surface area (Å²) in [5.74, 6) is -8.88. The largest absolute Gasteiger partial charge is 0.460 e. The third-order valence-corrected chi connectivity index (χ3v) is 14.9. The normalized spacial score (nSPS) is 41.6. The molecule has 1 amide bonds. The lowest BCUT2D eigenvalue weighted by molar-refractivity contribution is -0.265. The van der Waals surface area contributed by atoms with Crippen molar-refractivity contribution in [1.82, 2.24) is 4.90 Å². The van der Waals surface area contributed by atoms with Gasteiger partial charge in [-0.2, -0.15) is 0 Å². The second-order valence-corrected chi connectivity index (χ2v) is 20.2. The Labute approximate surface area is 397 Å². The zero-order chi connectivity index (χ0) is 49.9. The minimum Gasteiger partial charge on any atom is -0.460 e. The summed E-state index contributed by atoms with van der Waals surface area (Å²) in [6, 6.07) is -1.18. The predicted octanol–water partition coefficient (Wildman–Crippen LogP) is 4.35. The lowest BCUT2D eigenvalue weighted by atomic mass is 9.78. The van der Waals surface area contributed by atoms with Gasteiger partial charge in [0.25, 0.3) is 11.7 Å². The molecule has 380 valence electrons. The number of hydrogen-bond donors (Lipinski definition) is 5. The van der Waals surface area contributed by atoms with Crippen molar-refractivity contribution in [1.29, 1.82) is 0 Å². The van der Waals surface area contributed by atoms with E-state index in [0.29, 0.717) is 68.9 Å². The first-order chi connectivity index (χ1) is 31.6. The van der Waals surface area contributed by atoms with Crippen molar-refractivity contribution in [2.45, 2.75) is 192 Å². The lowest BCUT2D eigenvalue weighted by Gasteiger charge is -2.42. The first-order valence-corrected chi connectivity index (χ1v) is 24.4. The number of aliphatic hydroxyl groups is 5. The molecule has 2 bridgehead atoms. The molecular weight excluding hydrogens is 867 g/mol. The summed E-state index contributed by atoms with van der Waals surface area (Å²) in [6.45, 7) is 12.1. The van der Waals surface area contributed by atoms with Gasteiger partial charge in [-0.25, -0.2) is 4.79 Å². The Balaban J connectivity index is 1.72. The van der Waals surface area contributed by atoms with Crippen molar-refractivity contribution >= 4 is 29.2 Å². The Kier molecular flexibility index (Phi) is 21.6. The zero-order valence-corrected chi connectivity index (χ0v) is 41.5. The minimum atomic E-state index is -2.52. The number of fused-ring (bicyclic) bond motifs is 3. The summed E-state index contributed by atoms with van der Waals surface area (Å²) >= 11 is 0. The maximum atomic E-state index is 14.4. The van der Waals surface area contributed by atoms with Gasteiger partial charge in [0.2, 0.25) is 5.79 Å². The van der Waals surface area contributed by atoms with Crippen LogP contribution >= 0.6 is 0 Å². The van der Waals surface area contributed by atoms with E-state index in [1.54, 1.807) is 53.9 Å². The number of piperidine rings is 1. The standard InChI is InChI=1S/C51H81NO15/c1-28-14-18-38(53)41(56)24-31(4)42(63-8)26-36-17-15-34(7)51(62,67-36)48(59)49(60)52-20-12-11-13-37(52)50(61)66-43(30(3)23-35-16-19-39(54)44(25-35)64-9)27-40(55)29(2)22-33(6)46(58)47(65-10)45(57)32(5)21-28/h14,18,22,24,28-30,32,34-39,41-44,46-47,53-54,56,58,62H,11-13,15-17,19-21,23,25-27H2,1-10H3/b18-14-,31-24-,33-22-/t28-,29-,30-,32-,34-,35+,36+,37+,38-,39-,41-,42+,43+,44-,46-,47+,51-/m1/s1. The average Bonchev–Trinajstić information content (AvgIpc) is 3.30. The van der Waals surface area contributed by atoms with Crippen molar-refractivity contribution < 1.29 is 73.2 Å². The monoisotopic (exact) mass is 948 g/mol. The van der Waals surface area contributed by atoms with E-state index in [-0.39, 0.29) is 61.2 Å². The first kappa shape index (κ1) is 56.4. The van der Waals surface area contributed by atoms with Crippen molar-refractivity contribution in [3.63, 3.8) is 0 Å². The lowest BCUT2D eigenvalue weighted by Crippen LogP contribution is -2.61. The van der Waals surface area contributed by atoms with Gasteiger partial charge in [-0.1, -0.05) is 58.9 Å². The summed E-state index contributed by atoms with van der Waals surface area (Å²) in [5.41, 5.74) is 0.884. The fraction of sp³-hybridized carbons (Fsp3) is 0.784. The summed E-state index contributed by atoms with van der Waals surface area (Å²) in [5, 5.41) is 55.7. The molecule has 1 saturated carbocycles. The molecule has 17 atom stereocenters. The van der Waals surface area contributed by atoms with E-state index in [2.05, 4.69) is 0 Å². The van der Waals surface area contributed by atoms with Crippen molar-refractivity contribution in [3.8, 4) is 0 Å². The Hall–Kier alpha value is -3.19. The highest BCUT2D eigenvalue weighted by Gasteiger charge is 2.53. The van der Waals surface area contributed by atoms with Crippen LogP contribution in [0.2, 0.25) is 0 Å². The van der Waals surface area contributed by atoms with Crippen LogP contribution in [-0.4, -0.2) is 154 Å². The van der Waals surface area contributed by atoms with Crippen LogP contribution in [0.25, 0.3) is 0 Å². The van der Waals surface area contributed by atoms with Gasteiger partial charge in [0.15, 0.2) is 5.78 Å². The molecule has 1 aliphatic carbocycles. The molecule has 0 spiro atoms. The van der Waals surface area contributed by atoms with E-state index in [9.17, 15) is 49.5 Å². The number of carbonyl (C=O) groups is 5. The molecule has 0 unspecified atom stereocenters. The number of ether oxygens (including phenoxy) is 5. The minimum absolute atomic E-state index is 0.0470. The molecule has 4 rings (SSSR count). The predicted molar refractivity (Wildman–Crippen MR) is 248 cm³/mol. The Morgan fingerprint density at radius 3 is 2.16 bits per heavy atom. The van der Waals surface area contributed by atoms with Crippen molar-refractivity contribution in [2.75, 3.05) is 27.9 Å². The number of methoxy groups -OCH3 is 3. The van der Waals surface area contributed by atoms with Crippen LogP contribution in [0.4, 0.5) is 0 Å². The number of ketones is 3. The van der Waals surface area contributed by atoms with E-state index in [1.807, 2.05) is 13.8 Å². The van der Waals surface area contributed by atoms with Gasteiger partial charge in [-0.05, 0) is 107 Å². The van der Waals surface area contributed by atoms with Crippen LogP contribution in [0, 0.1) is 35.5 Å². The maximum absolute atomic E-state index is 14.4. The molecular formula is C51H81NO15. The number of hydrogen-bond acceptors (Lipinski definition) is 15. The highest BCUT2D eigenvalue weighted by atomic mass is 16.6. The van der Waals surface area contributed by atoms with Gasteiger partial charge in [0, 0.05) is 58.5 Å². The fourth-order valence-electron chi connectivity index (χ4n) is 10.4. The van der Waals surface area contributed by atoms with Crippen LogP contribution < -0.4 is 0 Å². The van der Waals surface area contributed by atoms with Gasteiger partial charge in [-0.3, -0.25) is 19.2 Å². The SMILES string of the molecule is CO[C@H]1C[C@@H]2CC[C@@H](C)[C@@](O)(O2)C(=O)C(=O)N2CCCC[C@H]2C(=O)O[C@H]([C@H](C)C[C@@H]2CC[C@@H](O)[C@H](OC)C2)CC(=O)[C@H](C)/C=C(/C)[C@@H](O)[C@@H](OC)C(=O)[C@H](C)C[C@H](C)/C=C\[C@@H](O)[C@H](O)/C=C\1C. The average molecular weight is 948 g/mol. The number of Topliss-reactive ketones (excluding diaryl/α,β-unsaturated/α-hetero) is 3. The van der Waals surface area contributed by atoms with Crippen molar-refractivity contribution in [2.24, 2.45) is 35.5 Å². The third-order valence-electron chi connectivity index (χ3n) is 14.9. The van der Waals surface area contributed by atoms with Gasteiger partial charge < -0.3 is 54.1 Å². The van der Waals surface area contributed by atoms with E-state index in [0.717, 1.165) is 4.90 Å². The summed E-state index contributed by atoms with van der Waals surface area (Å²) in [4.78, 5) is 71.9. The molecule has 3 heterocycles. The number of aliphatic hydroxyl groups excluding tert-OH is 4. The van der Waals surface area contributed by atoms with E-state index in [1.165, 1.54) is 26.4 Å². The molecule has 2 saturated heterocycles. The second-order valence-electron chi connectivity index (χ2n) is 20.2. The summed E-state index contributed by atoms with van der Waals surface area (Å²) in [6.07, 6.45) is 2.20. The zero-order valence-electron chi connectivity index (χ0n) is 41.5. The van der Waals surface area contributed by atoms with E-state index < -0.39 is 96.1 Å². The number of amides is 1. The smallest absolute Gasteiger partial charge is 0.329 e. The number of nitrogens with zero attached hydrogens (tertiary/aromatic N) is 1. The van der Waals surface area contributed by atoms with Crippen LogP contribution in [0.5, 0.6) is 0 Å². The first-order valence-electron chi connectivity index (χ1n) is 24.4. The number of rotatable bonds is 6. The number of esters is 1. The Bertz CT molecular complexity index is 1780. The van der Waals surface area contributed by atoms with Gasteiger partial charge in [-0.15, -0.1) is 0 Å². The van der Waals surface area contributed by atoms with E-state index in [4.69, 9.17) is 23.7 Å². The highest BCUT2D eigenvalue weighted by molar-refractivity contribution is 6.39. The topological polar surface area (TPSA) is 236 Å². The van der Waals surface area contributed by atoms with Crippen LogP contribution in [0.1, 0.15) is 126 Å². The van der Waals surface area contributed by atoms with Crippen molar-refractivity contribution in [3.05, 3.63) is 35.5 Å². The molecule has 0 aromatic rings. The molecule has 67 heavy (non-hydrogen) atoms. The van der Waals surface area contributed by atoms with E-state index >= 15 is 0 Å². The number of allylic oxidation sites excluding steroid dienone is 2. The quantitative estimate of drug-likeness (QED) is 0.142. The van der Waals surface area contributed by atoms with Crippen LogP contribution in [-0.2, 0) is 47.7 Å². The molecule has 5 N–H and O–H groups in total. The molecule has 0 aromatic heterocycles. The molecule has 16 heteroatoms. The second kappa shape index (κ2) is 25.6. The number of cyclic esters (lactones) is 1. The summed E-state index contributed by atoms with van der Waals surface area (Å²) < 4.78 is 29.2. The Morgan fingerprint density at radius 2 is 1.51 bits per heavy atom. The van der Waals surface area contributed by atoms with Crippen LogP contribution in [0.15, 0.2) is 35.5 Å². The third kappa shape index (κ3) is 14.7. The maximum Gasteiger partial charge on any atom is 0.329 e.